The number of aromatic nitrogens is 5. The van der Waals surface area contributed by atoms with Crippen molar-refractivity contribution in [1.29, 1.82) is 0 Å². The summed E-state index contributed by atoms with van der Waals surface area (Å²) in [6.07, 6.45) is 8.58. The first kappa shape index (κ1) is 41.0. The Bertz CT molecular complexity index is 2750. The van der Waals surface area contributed by atoms with E-state index in [4.69, 9.17) is 4.74 Å². The predicted molar refractivity (Wildman–Crippen MR) is 230 cm³/mol. The monoisotopic (exact) mass is 960 g/mol. The van der Waals surface area contributed by atoms with Gasteiger partial charge in [0.2, 0.25) is 6.33 Å². The fourth-order valence-electron chi connectivity index (χ4n) is 9.34. The predicted octanol–water partition coefficient (Wildman–Crippen LogP) is 10.3. The molecule has 7 aromatic rings. The van der Waals surface area contributed by atoms with Crippen LogP contribution in [0.3, 0.4) is 0 Å². The van der Waals surface area contributed by atoms with Crippen LogP contribution in [0.5, 0.6) is 11.5 Å². The van der Waals surface area contributed by atoms with Crippen molar-refractivity contribution in [3.05, 3.63) is 148 Å². The Morgan fingerprint density at radius 2 is 1.22 bits per heavy atom. The van der Waals surface area contributed by atoms with Crippen LogP contribution in [-0.2, 0) is 62.2 Å². The molecule has 7 heteroatoms. The van der Waals surface area contributed by atoms with Crippen LogP contribution in [0.4, 0.5) is 0 Å². The molecule has 0 unspecified atom stereocenters. The van der Waals surface area contributed by atoms with E-state index in [0.29, 0.717) is 11.5 Å². The third-order valence-electron chi connectivity index (χ3n) is 12.3. The number of para-hydroxylation sites is 1. The van der Waals surface area contributed by atoms with Gasteiger partial charge < -0.3 is 18.4 Å². The number of rotatable bonds is 3. The summed E-state index contributed by atoms with van der Waals surface area (Å²) < 4.78 is 14.4. The van der Waals surface area contributed by atoms with Crippen LogP contribution in [0.1, 0.15) is 128 Å². The van der Waals surface area contributed by atoms with Crippen molar-refractivity contribution >= 4 is 11.0 Å². The topological polar surface area (TPSA) is 39.7 Å². The first-order valence-electron chi connectivity index (χ1n) is 20.5. The maximum Gasteiger partial charge on any atom is 4.00 e. The Morgan fingerprint density at radius 1 is 0.644 bits per heavy atom. The summed E-state index contributed by atoms with van der Waals surface area (Å²) in [5, 5.41) is 4.29. The minimum Gasteiger partial charge on any atom is -0.511 e. The standard InChI is InChI=1S/C52H55N5O.Pt/c1-48(2,3)32-23-37-38-24-33(49(4,5)6)26-42(51(10,11)12)46(38)52(45(37)41(25-32)50(7,8)9)39-22-21-36(58-35-18-15-17-34(27-35)56-29-53-55(14)31-56)28-44(39)57-30-54(13)43-20-16-19-40(52)47(43)57;/h15-26,29H,1-14H3;/q-2;+4. The summed E-state index contributed by atoms with van der Waals surface area (Å²) in [6.45, 7) is 28.3. The molecular formula is C52H55N5OPt+2. The molecule has 1 spiro atoms. The van der Waals surface area contributed by atoms with Crippen LogP contribution in [0.25, 0.3) is 33.5 Å². The van der Waals surface area contributed by atoms with Gasteiger partial charge in [-0.1, -0.05) is 131 Å². The average Bonchev–Trinajstić information content (AvgIpc) is 3.81. The van der Waals surface area contributed by atoms with Crippen molar-refractivity contribution in [1.82, 2.24) is 14.3 Å². The summed E-state index contributed by atoms with van der Waals surface area (Å²) in [5.74, 6) is 1.19. The van der Waals surface area contributed by atoms with Gasteiger partial charge in [0, 0.05) is 16.9 Å². The molecule has 3 heterocycles. The molecule has 2 aliphatic rings. The van der Waals surface area contributed by atoms with Crippen molar-refractivity contribution in [2.45, 2.75) is 110 Å². The molecule has 6 nitrogen and oxygen atoms in total. The van der Waals surface area contributed by atoms with Crippen molar-refractivity contribution in [3.8, 4) is 34.0 Å². The van der Waals surface area contributed by atoms with Gasteiger partial charge in [-0.2, -0.15) is 28.9 Å². The number of benzene rings is 5. The largest absolute Gasteiger partial charge is 4.00 e. The number of fused-ring (bicyclic) bond motifs is 9. The third kappa shape index (κ3) is 6.26. The molecule has 0 radical (unpaired) electrons. The number of nitrogens with zero attached hydrogens (tertiary/aromatic N) is 5. The van der Waals surface area contributed by atoms with E-state index in [1.807, 2.05) is 25.2 Å². The van der Waals surface area contributed by atoms with Crippen LogP contribution in [0.2, 0.25) is 0 Å². The van der Waals surface area contributed by atoms with Crippen molar-refractivity contribution in [2.24, 2.45) is 14.1 Å². The summed E-state index contributed by atoms with van der Waals surface area (Å²) in [4.78, 5) is 0. The normalized spacial score (nSPS) is 14.3. The van der Waals surface area contributed by atoms with Crippen LogP contribution in [-0.4, -0.2) is 14.3 Å². The number of ether oxygens (including phenoxy) is 1. The Hall–Kier alpha value is -4.80. The second-order valence-corrected chi connectivity index (χ2v) is 20.6. The van der Waals surface area contributed by atoms with E-state index >= 15 is 0 Å². The molecule has 0 N–H and O–H groups in total. The average molecular weight is 961 g/mol. The summed E-state index contributed by atoms with van der Waals surface area (Å²) in [6, 6.07) is 34.4. The Labute approximate surface area is 365 Å². The smallest absolute Gasteiger partial charge is 0.511 e. The van der Waals surface area contributed by atoms with E-state index < -0.39 is 5.41 Å². The van der Waals surface area contributed by atoms with Gasteiger partial charge in [-0.3, -0.25) is 0 Å². The van der Waals surface area contributed by atoms with Crippen LogP contribution >= 0.6 is 0 Å². The maximum atomic E-state index is 6.66. The minimum atomic E-state index is -0.666. The minimum absolute atomic E-state index is 0. The molecule has 0 saturated heterocycles. The van der Waals surface area contributed by atoms with E-state index in [1.165, 1.54) is 55.6 Å². The van der Waals surface area contributed by atoms with Gasteiger partial charge in [-0.25, -0.2) is 0 Å². The first-order valence-corrected chi connectivity index (χ1v) is 20.5. The molecule has 0 saturated carbocycles. The zero-order valence-corrected chi connectivity index (χ0v) is 39.2. The number of hydrogen-bond donors (Lipinski definition) is 0. The fourth-order valence-corrected chi connectivity index (χ4v) is 9.34. The Kier molecular flexibility index (Phi) is 9.27. The van der Waals surface area contributed by atoms with Gasteiger partial charge in [-0.05, 0) is 76.8 Å². The molecule has 1 aliphatic heterocycles. The number of aryl methyl sites for hydroxylation is 2. The van der Waals surface area contributed by atoms with E-state index in [-0.39, 0.29) is 42.7 Å². The summed E-state index contributed by atoms with van der Waals surface area (Å²) in [5.41, 5.74) is 16.2. The van der Waals surface area contributed by atoms with Crippen molar-refractivity contribution < 1.29 is 34.9 Å². The van der Waals surface area contributed by atoms with Crippen LogP contribution < -0.4 is 13.9 Å². The Morgan fingerprint density at radius 3 is 1.76 bits per heavy atom. The molecular weight excluding hydrogens is 906 g/mol. The van der Waals surface area contributed by atoms with Gasteiger partial charge in [0.15, 0.2) is 12.7 Å². The van der Waals surface area contributed by atoms with Gasteiger partial charge in [0.05, 0.1) is 25.1 Å². The maximum absolute atomic E-state index is 6.66. The zero-order valence-electron chi connectivity index (χ0n) is 37.0. The Balaban J connectivity index is 0.00000484. The zero-order chi connectivity index (χ0) is 41.5. The number of hydrogen-bond acceptors (Lipinski definition) is 2. The summed E-state index contributed by atoms with van der Waals surface area (Å²) in [7, 11) is 3.94. The van der Waals surface area contributed by atoms with E-state index in [9.17, 15) is 0 Å². The molecule has 5 aromatic carbocycles. The van der Waals surface area contributed by atoms with Gasteiger partial charge >= 0.3 is 21.1 Å². The van der Waals surface area contributed by atoms with E-state index in [2.05, 4.69) is 184 Å². The molecule has 0 amide bonds. The molecule has 0 bridgehead atoms. The van der Waals surface area contributed by atoms with Gasteiger partial charge in [-0.15, -0.1) is 29.4 Å². The van der Waals surface area contributed by atoms with E-state index in [0.717, 1.165) is 22.4 Å². The van der Waals surface area contributed by atoms with Gasteiger partial charge in [0.1, 0.15) is 0 Å². The molecule has 2 aromatic heterocycles. The van der Waals surface area contributed by atoms with Gasteiger partial charge in [0.25, 0.3) is 0 Å². The molecule has 9 rings (SSSR count). The molecule has 302 valence electrons. The first-order chi connectivity index (χ1) is 27.1. The molecule has 59 heavy (non-hydrogen) atoms. The second kappa shape index (κ2) is 13.4. The van der Waals surface area contributed by atoms with E-state index in [1.54, 1.807) is 15.6 Å². The quantitative estimate of drug-likeness (QED) is 0.131. The van der Waals surface area contributed by atoms with Crippen LogP contribution in [0.15, 0.2) is 79.1 Å². The van der Waals surface area contributed by atoms with Crippen molar-refractivity contribution in [2.75, 3.05) is 0 Å². The molecule has 0 fully saturated rings. The molecule has 0 atom stereocenters. The summed E-state index contributed by atoms with van der Waals surface area (Å²) >= 11 is 0. The van der Waals surface area contributed by atoms with Crippen molar-refractivity contribution in [3.63, 3.8) is 0 Å². The SMILES string of the molecule is Cn1[c-][n+](-c2[c-]c(Oc3[c-]c4c(cc3)C3(c5c(cc(C(C)(C)C)cc5C(C)(C)C)-c5cc(C(C)(C)C)cc(C(C)(C)C)c53)c3cccc5c3n-4[c-][n+]5C)ccc2)cn1.[Pt+4]. The second-order valence-electron chi connectivity index (χ2n) is 20.6. The van der Waals surface area contributed by atoms with Crippen LogP contribution in [0, 0.1) is 24.8 Å². The third-order valence-corrected chi connectivity index (χ3v) is 12.3. The fraction of sp³-hybridized carbons (Fsp3) is 0.365. The molecule has 1 aliphatic carbocycles. The number of imidazole rings is 1.